The fourth-order valence-corrected chi connectivity index (χ4v) is 5.45. The standard InChI is InChI=1S/C20H22F3N3O4S/c1-12-9-13(2)19(14(3)10-12)31(29,30)24-18(20(21,22)23)11-25-8-7-15-16(25)5-4-6-17(15)26(27)28/h4-10,18,24,27-28H,11H2,1-3H3. The Morgan fingerprint density at radius 3 is 2.26 bits per heavy atom. The number of alkyl halides is 3. The van der Waals surface area contributed by atoms with Gasteiger partial charge in [-0.15, -0.1) is 5.23 Å². The Labute approximate surface area is 177 Å². The largest absolute Gasteiger partial charge is 0.406 e. The average molecular weight is 457 g/mol. The highest BCUT2D eigenvalue weighted by Crippen LogP contribution is 2.30. The zero-order valence-corrected chi connectivity index (χ0v) is 17.8. The van der Waals surface area contributed by atoms with E-state index >= 15 is 0 Å². The molecule has 2 aromatic carbocycles. The van der Waals surface area contributed by atoms with E-state index in [4.69, 9.17) is 0 Å². The van der Waals surface area contributed by atoms with E-state index < -0.39 is 28.8 Å². The second-order valence-corrected chi connectivity index (χ2v) is 9.06. The van der Waals surface area contributed by atoms with Gasteiger partial charge in [-0.25, -0.2) is 8.42 Å². The molecule has 0 radical (unpaired) electrons. The maximum Gasteiger partial charge on any atom is 0.406 e. The summed E-state index contributed by atoms with van der Waals surface area (Å²) < 4.78 is 70.2. The molecule has 0 aliphatic carbocycles. The van der Waals surface area contributed by atoms with E-state index in [1.807, 2.05) is 4.72 Å². The Hall–Kier alpha value is -2.60. The van der Waals surface area contributed by atoms with Crippen molar-refractivity contribution >= 4 is 26.6 Å². The second-order valence-electron chi connectivity index (χ2n) is 7.41. The fraction of sp³-hybridized carbons (Fsp3) is 0.300. The number of rotatable bonds is 6. The van der Waals surface area contributed by atoms with Gasteiger partial charge in [0, 0.05) is 18.1 Å². The van der Waals surface area contributed by atoms with Gasteiger partial charge >= 0.3 is 6.18 Å². The first-order chi connectivity index (χ1) is 14.3. The molecule has 7 nitrogen and oxygen atoms in total. The molecule has 3 aromatic rings. The fourth-order valence-electron chi connectivity index (χ4n) is 3.78. The van der Waals surface area contributed by atoms with Gasteiger partial charge in [-0.3, -0.25) is 10.4 Å². The Balaban J connectivity index is 2.00. The third-order valence-corrected chi connectivity index (χ3v) is 6.73. The molecule has 168 valence electrons. The van der Waals surface area contributed by atoms with E-state index in [1.165, 1.54) is 48.9 Å². The van der Waals surface area contributed by atoms with Crippen molar-refractivity contribution in [1.82, 2.24) is 9.29 Å². The molecular formula is C20H22F3N3O4S. The highest BCUT2D eigenvalue weighted by Gasteiger charge is 2.43. The molecule has 0 saturated carbocycles. The van der Waals surface area contributed by atoms with E-state index in [-0.39, 0.29) is 21.3 Å². The Morgan fingerprint density at radius 1 is 1.10 bits per heavy atom. The van der Waals surface area contributed by atoms with Crippen LogP contribution in [0.15, 0.2) is 47.5 Å². The third-order valence-electron chi connectivity index (χ3n) is 4.95. The Kier molecular flexibility index (Phi) is 6.07. The highest BCUT2D eigenvalue weighted by atomic mass is 32.2. The number of sulfonamides is 1. The first-order valence-electron chi connectivity index (χ1n) is 9.24. The lowest BCUT2D eigenvalue weighted by molar-refractivity contribution is -0.154. The van der Waals surface area contributed by atoms with Crippen molar-refractivity contribution in [2.45, 2.75) is 44.4 Å². The predicted molar refractivity (Wildman–Crippen MR) is 109 cm³/mol. The van der Waals surface area contributed by atoms with Gasteiger partial charge in [0.05, 0.1) is 10.4 Å². The molecular weight excluding hydrogens is 435 g/mol. The van der Waals surface area contributed by atoms with Crippen molar-refractivity contribution in [2.24, 2.45) is 0 Å². The van der Waals surface area contributed by atoms with Crippen LogP contribution in [0, 0.1) is 20.8 Å². The summed E-state index contributed by atoms with van der Waals surface area (Å²) >= 11 is 0. The second kappa shape index (κ2) is 8.15. The summed E-state index contributed by atoms with van der Waals surface area (Å²) in [5, 5.41) is 18.8. The van der Waals surface area contributed by atoms with Crippen molar-refractivity contribution < 1.29 is 32.0 Å². The molecule has 0 aliphatic rings. The summed E-state index contributed by atoms with van der Waals surface area (Å²) in [6, 6.07) is 6.52. The summed E-state index contributed by atoms with van der Waals surface area (Å²) in [6.07, 6.45) is -3.54. The minimum Gasteiger partial charge on any atom is -0.345 e. The molecule has 1 heterocycles. The molecule has 11 heteroatoms. The van der Waals surface area contributed by atoms with E-state index in [2.05, 4.69) is 0 Å². The molecule has 31 heavy (non-hydrogen) atoms. The van der Waals surface area contributed by atoms with Gasteiger partial charge in [-0.05, 0) is 50.1 Å². The molecule has 3 rings (SSSR count). The van der Waals surface area contributed by atoms with E-state index in [0.29, 0.717) is 16.5 Å². The molecule has 0 fully saturated rings. The number of nitrogens with zero attached hydrogens (tertiary/aromatic N) is 2. The van der Waals surface area contributed by atoms with Crippen LogP contribution in [0.1, 0.15) is 16.7 Å². The van der Waals surface area contributed by atoms with Crippen LogP contribution in [0.4, 0.5) is 18.9 Å². The smallest absolute Gasteiger partial charge is 0.345 e. The number of aromatic nitrogens is 1. The maximum absolute atomic E-state index is 13.8. The van der Waals surface area contributed by atoms with E-state index in [1.54, 1.807) is 19.1 Å². The van der Waals surface area contributed by atoms with Crippen molar-refractivity contribution in [1.29, 1.82) is 0 Å². The molecule has 0 aliphatic heterocycles. The van der Waals surface area contributed by atoms with E-state index in [9.17, 15) is 32.0 Å². The summed E-state index contributed by atoms with van der Waals surface area (Å²) in [4.78, 5) is -0.178. The molecule has 0 bridgehead atoms. The third kappa shape index (κ3) is 4.69. The number of aryl methyl sites for hydroxylation is 3. The van der Waals surface area contributed by atoms with Crippen LogP contribution in [-0.2, 0) is 16.6 Å². The summed E-state index contributed by atoms with van der Waals surface area (Å²) in [5.74, 6) is 0. The zero-order valence-electron chi connectivity index (χ0n) is 17.0. The summed E-state index contributed by atoms with van der Waals surface area (Å²) in [7, 11) is -4.47. The monoisotopic (exact) mass is 457 g/mol. The zero-order chi connectivity index (χ0) is 23.1. The first-order valence-corrected chi connectivity index (χ1v) is 10.7. The summed E-state index contributed by atoms with van der Waals surface area (Å²) in [6.45, 7) is 4.10. The normalized spacial score (nSPS) is 13.5. The number of hydrogen-bond donors (Lipinski definition) is 3. The van der Waals surface area contributed by atoms with Gasteiger partial charge in [0.25, 0.3) is 0 Å². The van der Waals surface area contributed by atoms with Crippen LogP contribution < -0.4 is 9.95 Å². The van der Waals surface area contributed by atoms with Gasteiger partial charge in [0.1, 0.15) is 11.7 Å². The van der Waals surface area contributed by atoms with Gasteiger partial charge in [0.15, 0.2) is 0 Å². The van der Waals surface area contributed by atoms with Crippen LogP contribution in [0.5, 0.6) is 0 Å². The van der Waals surface area contributed by atoms with Crippen LogP contribution in [0.3, 0.4) is 0 Å². The van der Waals surface area contributed by atoms with Gasteiger partial charge in [0.2, 0.25) is 10.0 Å². The van der Waals surface area contributed by atoms with Crippen LogP contribution in [-0.4, -0.2) is 35.6 Å². The minimum atomic E-state index is -4.87. The first kappa shape index (κ1) is 23.1. The van der Waals surface area contributed by atoms with Crippen molar-refractivity contribution in [3.8, 4) is 0 Å². The highest BCUT2D eigenvalue weighted by molar-refractivity contribution is 7.89. The van der Waals surface area contributed by atoms with Crippen LogP contribution in [0.2, 0.25) is 0 Å². The number of benzene rings is 2. The Morgan fingerprint density at radius 2 is 1.71 bits per heavy atom. The molecule has 0 spiro atoms. The van der Waals surface area contributed by atoms with Crippen molar-refractivity contribution in [3.05, 3.63) is 59.3 Å². The lowest BCUT2D eigenvalue weighted by atomic mass is 10.1. The molecule has 0 amide bonds. The maximum atomic E-state index is 13.8. The number of nitrogens with one attached hydrogen (secondary N) is 1. The van der Waals surface area contributed by atoms with Crippen molar-refractivity contribution in [2.75, 3.05) is 5.23 Å². The van der Waals surface area contributed by atoms with Gasteiger partial charge in [-0.2, -0.15) is 17.9 Å². The summed E-state index contributed by atoms with van der Waals surface area (Å²) in [5.41, 5.74) is 1.77. The average Bonchev–Trinajstić information content (AvgIpc) is 3.02. The molecule has 3 N–H and O–H groups in total. The molecule has 1 atom stereocenters. The van der Waals surface area contributed by atoms with E-state index in [0.717, 1.165) is 5.56 Å². The van der Waals surface area contributed by atoms with Crippen LogP contribution in [0.25, 0.3) is 10.9 Å². The van der Waals surface area contributed by atoms with Crippen molar-refractivity contribution in [3.63, 3.8) is 0 Å². The number of fused-ring (bicyclic) bond motifs is 1. The minimum absolute atomic E-state index is 0.0219. The molecule has 1 aromatic heterocycles. The quantitative estimate of drug-likeness (QED) is 0.486. The SMILES string of the molecule is Cc1cc(C)c(S(=O)(=O)NC(Cn2ccc3c(N(O)O)cccc32)C(F)(F)F)c(C)c1. The van der Waals surface area contributed by atoms with Gasteiger partial charge < -0.3 is 4.57 Å². The lowest BCUT2D eigenvalue weighted by Gasteiger charge is -2.24. The van der Waals surface area contributed by atoms with Crippen LogP contribution >= 0.6 is 0 Å². The number of hydrogen-bond acceptors (Lipinski definition) is 5. The molecule has 0 saturated heterocycles. The number of halogens is 3. The van der Waals surface area contributed by atoms with Gasteiger partial charge in [-0.1, -0.05) is 23.8 Å². The topological polar surface area (TPSA) is 94.8 Å². The Bertz CT molecular complexity index is 1200. The number of anilines is 1. The predicted octanol–water partition coefficient (Wildman–Crippen LogP) is 4.06. The lowest BCUT2D eigenvalue weighted by Crippen LogP contribution is -2.48. The molecule has 1 unspecified atom stereocenters.